The van der Waals surface area contributed by atoms with E-state index in [4.69, 9.17) is 9.47 Å². The lowest BCUT2D eigenvalue weighted by Gasteiger charge is -2.24. The monoisotopic (exact) mass is 262 g/mol. The molecule has 19 heavy (non-hydrogen) atoms. The second-order valence-corrected chi connectivity index (χ2v) is 4.40. The normalized spacial score (nSPS) is 13.4. The van der Waals surface area contributed by atoms with E-state index in [9.17, 15) is 5.26 Å². The van der Waals surface area contributed by atoms with Crippen LogP contribution in [0.25, 0.3) is 0 Å². The van der Waals surface area contributed by atoms with Crippen molar-refractivity contribution in [3.63, 3.8) is 0 Å². The van der Waals surface area contributed by atoms with Crippen LogP contribution in [0, 0.1) is 11.3 Å². The summed E-state index contributed by atoms with van der Waals surface area (Å²) in [7, 11) is 3.45. The molecule has 0 fully saturated rings. The molecule has 0 aliphatic rings. The molecule has 0 radical (unpaired) electrons. The van der Waals surface area contributed by atoms with Crippen molar-refractivity contribution in [1.82, 2.24) is 5.32 Å². The zero-order valence-corrected chi connectivity index (χ0v) is 11.9. The van der Waals surface area contributed by atoms with E-state index >= 15 is 0 Å². The van der Waals surface area contributed by atoms with Gasteiger partial charge < -0.3 is 14.8 Å². The summed E-state index contributed by atoms with van der Waals surface area (Å²) in [5, 5.41) is 12.3. The van der Waals surface area contributed by atoms with Crippen LogP contribution >= 0.6 is 0 Å². The van der Waals surface area contributed by atoms with Crippen molar-refractivity contribution in [1.29, 1.82) is 5.26 Å². The number of benzene rings is 1. The second-order valence-electron chi connectivity index (χ2n) is 4.40. The predicted octanol–water partition coefficient (Wildman–Crippen LogP) is 2.75. The Morgan fingerprint density at radius 3 is 2.53 bits per heavy atom. The number of hydrogen-bond donors (Lipinski definition) is 1. The fourth-order valence-electron chi connectivity index (χ4n) is 1.96. The molecule has 4 nitrogen and oxygen atoms in total. The Morgan fingerprint density at radius 2 is 2.00 bits per heavy atom. The van der Waals surface area contributed by atoms with E-state index < -0.39 is 5.54 Å². The number of methoxy groups -OCH3 is 1. The summed E-state index contributed by atoms with van der Waals surface area (Å²) in [6, 6.07) is 9.92. The second kappa shape index (κ2) is 7.65. The molecule has 4 heteroatoms. The van der Waals surface area contributed by atoms with Gasteiger partial charge in [0.15, 0.2) is 11.5 Å². The molecule has 1 aromatic rings. The minimum Gasteiger partial charge on any atom is -0.493 e. The van der Waals surface area contributed by atoms with E-state index in [1.165, 1.54) is 0 Å². The van der Waals surface area contributed by atoms with Crippen molar-refractivity contribution < 1.29 is 9.47 Å². The van der Waals surface area contributed by atoms with Gasteiger partial charge in [-0.1, -0.05) is 19.1 Å². The third kappa shape index (κ3) is 4.15. The van der Waals surface area contributed by atoms with Crippen LogP contribution in [0.4, 0.5) is 0 Å². The molecule has 0 spiro atoms. The van der Waals surface area contributed by atoms with Crippen LogP contribution in [0.3, 0.4) is 0 Å². The van der Waals surface area contributed by atoms with Crippen molar-refractivity contribution in [3.8, 4) is 17.6 Å². The summed E-state index contributed by atoms with van der Waals surface area (Å²) in [5.74, 6) is 1.48. The lowest BCUT2D eigenvalue weighted by Crippen LogP contribution is -2.41. The number of para-hydroxylation sites is 2. The average molecular weight is 262 g/mol. The predicted molar refractivity (Wildman–Crippen MR) is 75.4 cm³/mol. The molecule has 0 aliphatic carbocycles. The molecule has 1 rings (SSSR count). The van der Waals surface area contributed by atoms with Gasteiger partial charge >= 0.3 is 0 Å². The molecule has 104 valence electrons. The van der Waals surface area contributed by atoms with Gasteiger partial charge in [-0.2, -0.15) is 5.26 Å². The minimum absolute atomic E-state index is 0.440. The Bertz CT molecular complexity index is 422. The first-order valence-electron chi connectivity index (χ1n) is 6.57. The number of ether oxygens (including phenoxy) is 2. The molecule has 1 unspecified atom stereocenters. The Kier molecular flexibility index (Phi) is 6.17. The van der Waals surface area contributed by atoms with Gasteiger partial charge in [0.05, 0.1) is 19.8 Å². The van der Waals surface area contributed by atoms with Crippen LogP contribution in [0.15, 0.2) is 24.3 Å². The summed E-state index contributed by atoms with van der Waals surface area (Å²) in [4.78, 5) is 0. The molecule has 0 saturated heterocycles. The molecule has 0 amide bonds. The summed E-state index contributed by atoms with van der Waals surface area (Å²) in [6.07, 6.45) is 2.38. The van der Waals surface area contributed by atoms with Gasteiger partial charge in [-0.3, -0.25) is 0 Å². The molecule has 0 heterocycles. The van der Waals surface area contributed by atoms with Crippen molar-refractivity contribution in [3.05, 3.63) is 24.3 Å². The maximum absolute atomic E-state index is 9.20. The molecule has 0 aliphatic heterocycles. The molecule has 1 N–H and O–H groups in total. The summed E-state index contributed by atoms with van der Waals surface area (Å²) >= 11 is 0. The van der Waals surface area contributed by atoms with Gasteiger partial charge in [-0.25, -0.2) is 0 Å². The molecule has 1 aromatic carbocycles. The third-order valence-corrected chi connectivity index (χ3v) is 3.37. The molecular weight excluding hydrogens is 240 g/mol. The summed E-state index contributed by atoms with van der Waals surface area (Å²) in [6.45, 7) is 2.59. The lowest BCUT2D eigenvalue weighted by atomic mass is 9.92. The van der Waals surface area contributed by atoms with E-state index in [2.05, 4.69) is 11.4 Å². The Labute approximate surface area is 115 Å². The largest absolute Gasteiger partial charge is 0.493 e. The van der Waals surface area contributed by atoms with Gasteiger partial charge in [-0.15, -0.1) is 0 Å². The molecule has 0 bridgehead atoms. The van der Waals surface area contributed by atoms with Crippen molar-refractivity contribution in [2.24, 2.45) is 0 Å². The first-order chi connectivity index (χ1) is 9.21. The Balaban J connectivity index is 2.45. The highest BCUT2D eigenvalue weighted by Gasteiger charge is 2.24. The van der Waals surface area contributed by atoms with E-state index in [0.717, 1.165) is 30.8 Å². The van der Waals surface area contributed by atoms with Crippen molar-refractivity contribution in [2.75, 3.05) is 20.8 Å². The highest BCUT2D eigenvalue weighted by Crippen LogP contribution is 2.26. The van der Waals surface area contributed by atoms with Gasteiger partial charge in [0.25, 0.3) is 0 Å². The first-order valence-corrected chi connectivity index (χ1v) is 6.57. The lowest BCUT2D eigenvalue weighted by molar-refractivity contribution is 0.268. The first kappa shape index (κ1) is 15.3. The van der Waals surface area contributed by atoms with Crippen LogP contribution in [-0.4, -0.2) is 26.3 Å². The summed E-state index contributed by atoms with van der Waals surface area (Å²) in [5.41, 5.74) is -0.440. The van der Waals surface area contributed by atoms with E-state index in [1.807, 2.05) is 38.2 Å². The highest BCUT2D eigenvalue weighted by molar-refractivity contribution is 5.39. The topological polar surface area (TPSA) is 54.3 Å². The molecule has 0 saturated carbocycles. The Hall–Kier alpha value is -1.73. The van der Waals surface area contributed by atoms with Crippen LogP contribution in [0.2, 0.25) is 0 Å². The number of nitrogens with zero attached hydrogens (tertiary/aromatic N) is 1. The fraction of sp³-hybridized carbons (Fsp3) is 0.533. The van der Waals surface area contributed by atoms with Gasteiger partial charge in [0.1, 0.15) is 5.54 Å². The van der Waals surface area contributed by atoms with Gasteiger partial charge in [0.2, 0.25) is 0 Å². The van der Waals surface area contributed by atoms with E-state index in [0.29, 0.717) is 6.61 Å². The van der Waals surface area contributed by atoms with Crippen molar-refractivity contribution in [2.45, 2.75) is 31.7 Å². The van der Waals surface area contributed by atoms with Gasteiger partial charge in [0, 0.05) is 0 Å². The maximum atomic E-state index is 9.20. The van der Waals surface area contributed by atoms with Crippen LogP contribution < -0.4 is 14.8 Å². The molecule has 0 aromatic heterocycles. The molecule has 1 atom stereocenters. The maximum Gasteiger partial charge on any atom is 0.161 e. The summed E-state index contributed by atoms with van der Waals surface area (Å²) < 4.78 is 10.9. The van der Waals surface area contributed by atoms with Crippen LogP contribution in [-0.2, 0) is 0 Å². The number of rotatable bonds is 8. The molecular formula is C15H22N2O2. The standard InChI is InChI=1S/C15H22N2O2/c1-4-15(12-16,17-2)10-7-11-19-14-9-6-5-8-13(14)18-3/h5-6,8-9,17H,4,7,10-11H2,1-3H3. The minimum atomic E-state index is -0.440. The smallest absolute Gasteiger partial charge is 0.161 e. The van der Waals surface area contributed by atoms with E-state index in [-0.39, 0.29) is 0 Å². The SMILES string of the molecule is CCC(C#N)(CCCOc1ccccc1OC)NC. The highest BCUT2D eigenvalue weighted by atomic mass is 16.5. The van der Waals surface area contributed by atoms with Crippen LogP contribution in [0.5, 0.6) is 11.5 Å². The van der Waals surface area contributed by atoms with Crippen LogP contribution in [0.1, 0.15) is 26.2 Å². The third-order valence-electron chi connectivity index (χ3n) is 3.37. The zero-order valence-electron chi connectivity index (χ0n) is 11.9. The number of nitriles is 1. The quantitative estimate of drug-likeness (QED) is 0.732. The Morgan fingerprint density at radius 1 is 1.32 bits per heavy atom. The van der Waals surface area contributed by atoms with Crippen molar-refractivity contribution >= 4 is 0 Å². The fourth-order valence-corrected chi connectivity index (χ4v) is 1.96. The van der Waals surface area contributed by atoms with E-state index in [1.54, 1.807) is 7.11 Å². The van der Waals surface area contributed by atoms with Gasteiger partial charge in [-0.05, 0) is 38.4 Å². The zero-order chi connectivity index (χ0) is 14.1. The number of nitrogens with one attached hydrogen (secondary N) is 1. The number of hydrogen-bond acceptors (Lipinski definition) is 4. The average Bonchev–Trinajstić information content (AvgIpc) is 2.48.